The van der Waals surface area contributed by atoms with Crippen LogP contribution in [0.1, 0.15) is 41.7 Å². The highest BCUT2D eigenvalue weighted by Gasteiger charge is 2.17. The third kappa shape index (κ3) is 5.17. The standard InChI is InChI=1S/C17H18BrN3O2/c1-17(2,3)21-16(23)14-9-5-8-13(20-14)15(22)19-12-7-4-6-11(18)10-12/h4-10H,1-3H3,(H,19,22)(H,21,23). The number of pyridine rings is 1. The van der Waals surface area contributed by atoms with Crippen LogP contribution in [0.5, 0.6) is 0 Å². The first kappa shape index (κ1) is 17.1. The van der Waals surface area contributed by atoms with E-state index in [-0.39, 0.29) is 28.7 Å². The quantitative estimate of drug-likeness (QED) is 0.860. The van der Waals surface area contributed by atoms with E-state index < -0.39 is 0 Å². The predicted molar refractivity (Wildman–Crippen MR) is 93.6 cm³/mol. The highest BCUT2D eigenvalue weighted by molar-refractivity contribution is 9.10. The molecule has 0 saturated carbocycles. The molecular formula is C17H18BrN3O2. The van der Waals surface area contributed by atoms with Gasteiger partial charge in [0.2, 0.25) is 0 Å². The zero-order valence-electron chi connectivity index (χ0n) is 13.2. The van der Waals surface area contributed by atoms with Crippen LogP contribution in [-0.2, 0) is 0 Å². The molecule has 1 heterocycles. The zero-order valence-corrected chi connectivity index (χ0v) is 14.8. The van der Waals surface area contributed by atoms with Crippen LogP contribution in [-0.4, -0.2) is 22.3 Å². The maximum atomic E-state index is 12.3. The summed E-state index contributed by atoms with van der Waals surface area (Å²) < 4.78 is 0.863. The number of anilines is 1. The molecule has 1 aromatic carbocycles. The smallest absolute Gasteiger partial charge is 0.274 e. The molecule has 0 radical (unpaired) electrons. The number of rotatable bonds is 3. The summed E-state index contributed by atoms with van der Waals surface area (Å²) in [5.41, 5.74) is 0.678. The van der Waals surface area contributed by atoms with Crippen LogP contribution in [0.3, 0.4) is 0 Å². The molecule has 2 rings (SSSR count). The molecule has 2 amide bonds. The fraction of sp³-hybridized carbons (Fsp3) is 0.235. The van der Waals surface area contributed by atoms with Crippen LogP contribution in [0.4, 0.5) is 5.69 Å². The average molecular weight is 376 g/mol. The van der Waals surface area contributed by atoms with E-state index in [1.54, 1.807) is 30.3 Å². The van der Waals surface area contributed by atoms with Crippen molar-refractivity contribution in [1.82, 2.24) is 10.3 Å². The van der Waals surface area contributed by atoms with Gasteiger partial charge in [0.25, 0.3) is 11.8 Å². The highest BCUT2D eigenvalue weighted by atomic mass is 79.9. The van der Waals surface area contributed by atoms with E-state index in [1.807, 2.05) is 32.9 Å². The Morgan fingerprint density at radius 2 is 1.61 bits per heavy atom. The summed E-state index contributed by atoms with van der Waals surface area (Å²) in [5.74, 6) is -0.678. The summed E-state index contributed by atoms with van der Waals surface area (Å²) >= 11 is 3.35. The summed E-state index contributed by atoms with van der Waals surface area (Å²) in [7, 11) is 0. The fourth-order valence-corrected chi connectivity index (χ4v) is 2.25. The first-order valence-corrected chi connectivity index (χ1v) is 7.90. The first-order chi connectivity index (χ1) is 10.7. The van der Waals surface area contributed by atoms with Gasteiger partial charge in [-0.15, -0.1) is 0 Å². The summed E-state index contributed by atoms with van der Waals surface area (Å²) in [5, 5.41) is 5.57. The number of nitrogens with one attached hydrogen (secondary N) is 2. The monoisotopic (exact) mass is 375 g/mol. The fourth-order valence-electron chi connectivity index (χ4n) is 1.85. The lowest BCUT2D eigenvalue weighted by Crippen LogP contribution is -2.41. The van der Waals surface area contributed by atoms with Crippen molar-refractivity contribution in [2.75, 3.05) is 5.32 Å². The molecule has 0 atom stereocenters. The van der Waals surface area contributed by atoms with Crippen molar-refractivity contribution in [3.8, 4) is 0 Å². The van der Waals surface area contributed by atoms with Gasteiger partial charge in [0.05, 0.1) is 0 Å². The molecule has 0 bridgehead atoms. The molecule has 0 saturated heterocycles. The molecule has 0 fully saturated rings. The second kappa shape index (κ2) is 6.91. The van der Waals surface area contributed by atoms with E-state index in [1.165, 1.54) is 0 Å². The molecule has 2 N–H and O–H groups in total. The highest BCUT2D eigenvalue weighted by Crippen LogP contribution is 2.16. The van der Waals surface area contributed by atoms with Crippen molar-refractivity contribution in [2.24, 2.45) is 0 Å². The number of benzene rings is 1. The molecular weight excluding hydrogens is 358 g/mol. The Bertz CT molecular complexity index is 739. The summed E-state index contributed by atoms with van der Waals surface area (Å²) in [6.45, 7) is 5.65. The van der Waals surface area contributed by atoms with Crippen molar-refractivity contribution < 1.29 is 9.59 Å². The minimum atomic E-state index is -0.368. The van der Waals surface area contributed by atoms with Gasteiger partial charge >= 0.3 is 0 Å². The maximum absolute atomic E-state index is 12.3. The van der Waals surface area contributed by atoms with Crippen LogP contribution in [0.2, 0.25) is 0 Å². The molecule has 1 aromatic heterocycles. The lowest BCUT2D eigenvalue weighted by atomic mass is 10.1. The molecule has 120 valence electrons. The van der Waals surface area contributed by atoms with Gasteiger partial charge in [-0.1, -0.05) is 28.1 Å². The van der Waals surface area contributed by atoms with Crippen LogP contribution < -0.4 is 10.6 Å². The summed E-state index contributed by atoms with van der Waals surface area (Å²) in [6, 6.07) is 12.0. The van der Waals surface area contributed by atoms with Crippen molar-refractivity contribution in [3.05, 3.63) is 58.3 Å². The number of aromatic nitrogens is 1. The van der Waals surface area contributed by atoms with Gasteiger partial charge in [0.15, 0.2) is 0 Å². The Morgan fingerprint density at radius 1 is 1.00 bits per heavy atom. The molecule has 0 aliphatic carbocycles. The summed E-state index contributed by atoms with van der Waals surface area (Å²) in [4.78, 5) is 28.5. The third-order valence-electron chi connectivity index (χ3n) is 2.79. The third-order valence-corrected chi connectivity index (χ3v) is 3.28. The first-order valence-electron chi connectivity index (χ1n) is 7.11. The second-order valence-electron chi connectivity index (χ2n) is 6.08. The minimum absolute atomic E-state index is 0.187. The van der Waals surface area contributed by atoms with E-state index in [4.69, 9.17) is 0 Å². The van der Waals surface area contributed by atoms with Crippen LogP contribution in [0.15, 0.2) is 46.9 Å². The number of hydrogen-bond acceptors (Lipinski definition) is 3. The molecule has 6 heteroatoms. The second-order valence-corrected chi connectivity index (χ2v) is 6.99. The van der Waals surface area contributed by atoms with Gasteiger partial charge in [0, 0.05) is 15.7 Å². The average Bonchev–Trinajstić information content (AvgIpc) is 2.45. The lowest BCUT2D eigenvalue weighted by molar-refractivity contribution is 0.0914. The Balaban J connectivity index is 2.16. The van der Waals surface area contributed by atoms with Gasteiger partial charge in [-0.3, -0.25) is 9.59 Å². The Morgan fingerprint density at radius 3 is 2.22 bits per heavy atom. The Labute approximate surface area is 143 Å². The van der Waals surface area contributed by atoms with E-state index in [0.717, 1.165) is 4.47 Å². The molecule has 0 spiro atoms. The topological polar surface area (TPSA) is 71.1 Å². The minimum Gasteiger partial charge on any atom is -0.346 e. The van der Waals surface area contributed by atoms with Gasteiger partial charge in [-0.2, -0.15) is 0 Å². The maximum Gasteiger partial charge on any atom is 0.274 e. The van der Waals surface area contributed by atoms with Crippen molar-refractivity contribution >= 4 is 33.4 Å². The van der Waals surface area contributed by atoms with Crippen LogP contribution >= 0.6 is 15.9 Å². The van der Waals surface area contributed by atoms with E-state index in [0.29, 0.717) is 5.69 Å². The normalized spacial score (nSPS) is 11.0. The van der Waals surface area contributed by atoms with Gasteiger partial charge in [-0.05, 0) is 51.1 Å². The van der Waals surface area contributed by atoms with Crippen molar-refractivity contribution in [1.29, 1.82) is 0 Å². The molecule has 23 heavy (non-hydrogen) atoms. The number of hydrogen-bond donors (Lipinski definition) is 2. The molecule has 5 nitrogen and oxygen atoms in total. The van der Waals surface area contributed by atoms with E-state index in [9.17, 15) is 9.59 Å². The van der Waals surface area contributed by atoms with Gasteiger partial charge in [0.1, 0.15) is 11.4 Å². The lowest BCUT2D eigenvalue weighted by Gasteiger charge is -2.20. The largest absolute Gasteiger partial charge is 0.346 e. The number of amides is 2. The zero-order chi connectivity index (χ0) is 17.0. The Hall–Kier alpha value is -2.21. The van der Waals surface area contributed by atoms with Crippen LogP contribution in [0.25, 0.3) is 0 Å². The van der Waals surface area contributed by atoms with Crippen molar-refractivity contribution in [3.63, 3.8) is 0 Å². The molecule has 0 unspecified atom stereocenters. The SMILES string of the molecule is CC(C)(C)NC(=O)c1cccc(C(=O)Nc2cccc(Br)c2)n1. The Kier molecular flexibility index (Phi) is 5.15. The number of nitrogens with zero attached hydrogens (tertiary/aromatic N) is 1. The van der Waals surface area contributed by atoms with Crippen LogP contribution in [0, 0.1) is 0 Å². The number of carbonyl (C=O) groups is 2. The van der Waals surface area contributed by atoms with Gasteiger partial charge < -0.3 is 10.6 Å². The predicted octanol–water partition coefficient (Wildman–Crippen LogP) is 3.62. The van der Waals surface area contributed by atoms with Gasteiger partial charge in [-0.25, -0.2) is 4.98 Å². The molecule has 0 aliphatic rings. The van der Waals surface area contributed by atoms with Crippen molar-refractivity contribution in [2.45, 2.75) is 26.3 Å². The number of halogens is 1. The van der Waals surface area contributed by atoms with E-state index >= 15 is 0 Å². The van der Waals surface area contributed by atoms with E-state index in [2.05, 4.69) is 31.5 Å². The summed E-state index contributed by atoms with van der Waals surface area (Å²) in [6.07, 6.45) is 0. The molecule has 0 aliphatic heterocycles. The molecule has 2 aromatic rings. The number of carbonyl (C=O) groups excluding carboxylic acids is 2.